The lowest BCUT2D eigenvalue weighted by Crippen LogP contribution is -2.49. The summed E-state index contributed by atoms with van der Waals surface area (Å²) in [4.78, 5) is 37.4. The van der Waals surface area contributed by atoms with Gasteiger partial charge in [0, 0.05) is 25.4 Å². The van der Waals surface area contributed by atoms with Gasteiger partial charge in [-0.15, -0.1) is 0 Å². The van der Waals surface area contributed by atoms with Gasteiger partial charge in [-0.05, 0) is 31.5 Å². The van der Waals surface area contributed by atoms with Crippen LogP contribution in [-0.4, -0.2) is 82.8 Å². The zero-order valence-corrected chi connectivity index (χ0v) is 19.2. The van der Waals surface area contributed by atoms with E-state index >= 15 is 0 Å². The Morgan fingerprint density at radius 1 is 1.31 bits per heavy atom. The first-order valence-electron chi connectivity index (χ1n) is 11.2. The maximum Gasteiger partial charge on any atom is 0.408 e. The average Bonchev–Trinajstić information content (AvgIpc) is 3.25. The van der Waals surface area contributed by atoms with Crippen molar-refractivity contribution in [2.45, 2.75) is 37.7 Å². The lowest BCUT2D eigenvalue weighted by Gasteiger charge is -2.35. The van der Waals surface area contributed by atoms with Crippen LogP contribution in [0.2, 0.25) is 0 Å². The van der Waals surface area contributed by atoms with E-state index in [0.717, 1.165) is 6.92 Å². The van der Waals surface area contributed by atoms with Crippen LogP contribution in [0.1, 0.15) is 23.8 Å². The molecule has 0 radical (unpaired) electrons. The molecule has 1 fully saturated rings. The van der Waals surface area contributed by atoms with Crippen molar-refractivity contribution in [1.82, 2.24) is 15.3 Å². The number of ether oxygens (including phenoxy) is 1. The zero-order chi connectivity index (χ0) is 26.0. The number of fused-ring (bicyclic) bond motifs is 4. The topological polar surface area (TPSA) is 140 Å². The van der Waals surface area contributed by atoms with E-state index in [0.29, 0.717) is 30.9 Å². The van der Waals surface area contributed by atoms with Gasteiger partial charge in [-0.1, -0.05) is 0 Å². The number of nitrogens with one attached hydrogen (secondary N) is 2. The van der Waals surface area contributed by atoms with Gasteiger partial charge in [0.05, 0.1) is 18.3 Å². The molecule has 2 aromatic heterocycles. The number of aliphatic hydroxyl groups excluding tert-OH is 2. The molecule has 0 saturated carbocycles. The van der Waals surface area contributed by atoms with Crippen LogP contribution in [0.5, 0.6) is 5.75 Å². The molecule has 2 bridgehead atoms. The monoisotopic (exact) mass is 510 g/mol. The van der Waals surface area contributed by atoms with E-state index in [2.05, 4.69) is 15.3 Å². The van der Waals surface area contributed by atoms with Crippen LogP contribution in [0.25, 0.3) is 0 Å². The van der Waals surface area contributed by atoms with Crippen molar-refractivity contribution in [3.63, 3.8) is 0 Å². The number of hydrogen-bond acceptors (Lipinski definition) is 8. The molecule has 4 rings (SSSR count). The Hall–Kier alpha value is -3.65. The molecule has 1 saturated heterocycles. The largest absolute Gasteiger partial charge is 0.491 e. The molecule has 194 valence electrons. The fraction of sp³-hybridized carbons (Fsp3) is 0.455. The summed E-state index contributed by atoms with van der Waals surface area (Å²) in [7, 11) is 0. The lowest BCUT2D eigenvalue weighted by molar-refractivity contribution is -0.149. The molecule has 4 N–H and O–H groups in total. The number of aromatic nitrogens is 2. The van der Waals surface area contributed by atoms with Crippen molar-refractivity contribution in [3.05, 3.63) is 36.2 Å². The first kappa shape index (κ1) is 25.4. The smallest absolute Gasteiger partial charge is 0.408 e. The van der Waals surface area contributed by atoms with Crippen LogP contribution in [0.4, 0.5) is 35.3 Å². The Kier molecular flexibility index (Phi) is 7.17. The minimum Gasteiger partial charge on any atom is -0.491 e. The second kappa shape index (κ2) is 10.1. The Morgan fingerprint density at radius 2 is 2.08 bits per heavy atom. The van der Waals surface area contributed by atoms with Crippen LogP contribution in [0, 0.1) is 0 Å². The number of pyridine rings is 2. The van der Waals surface area contributed by atoms with Crippen molar-refractivity contribution in [1.29, 1.82) is 0 Å². The fourth-order valence-electron chi connectivity index (χ4n) is 3.93. The normalized spacial score (nSPS) is 18.3. The number of carbonyl (C=O) groups excluding carboxylic acids is 2. The number of nitrogens with zero attached hydrogens (tertiary/aromatic N) is 4. The van der Waals surface area contributed by atoms with E-state index < -0.39 is 36.9 Å². The third kappa shape index (κ3) is 5.44. The molecule has 2 aliphatic rings. The SMILES string of the molecule is C[C@@H](NC(=O)c1ccc2c(n1)N(C(=O)Nc1cc(OC[C@@H](O)CO)ccn1)C1CCN2C1)C(F)(F)F. The number of carbonyl (C=O) groups is 2. The van der Waals surface area contributed by atoms with Gasteiger partial charge < -0.3 is 25.2 Å². The molecule has 0 aliphatic carbocycles. The van der Waals surface area contributed by atoms with Crippen molar-refractivity contribution in [3.8, 4) is 5.75 Å². The van der Waals surface area contributed by atoms with Crippen LogP contribution in [-0.2, 0) is 0 Å². The van der Waals surface area contributed by atoms with Gasteiger partial charge in [0.15, 0.2) is 5.82 Å². The van der Waals surface area contributed by atoms with E-state index in [4.69, 9.17) is 9.84 Å². The number of anilines is 3. The molecule has 3 amide bonds. The van der Waals surface area contributed by atoms with Crippen LogP contribution in [0.15, 0.2) is 30.5 Å². The minimum absolute atomic E-state index is 0.144. The Balaban J connectivity index is 1.55. The third-order valence-electron chi connectivity index (χ3n) is 5.86. The number of urea groups is 1. The van der Waals surface area contributed by atoms with E-state index in [1.54, 1.807) is 6.07 Å². The van der Waals surface area contributed by atoms with E-state index in [1.165, 1.54) is 29.3 Å². The van der Waals surface area contributed by atoms with Gasteiger partial charge in [-0.25, -0.2) is 14.8 Å². The first-order valence-corrected chi connectivity index (χ1v) is 11.2. The summed E-state index contributed by atoms with van der Waals surface area (Å²) in [6.45, 7) is 1.39. The van der Waals surface area contributed by atoms with Crippen molar-refractivity contribution in [2.24, 2.45) is 0 Å². The van der Waals surface area contributed by atoms with Gasteiger partial charge in [-0.2, -0.15) is 13.2 Å². The molecule has 0 aromatic carbocycles. The molecular weight excluding hydrogens is 485 g/mol. The van der Waals surface area contributed by atoms with Gasteiger partial charge in [0.1, 0.15) is 36.0 Å². The number of hydrogen-bond donors (Lipinski definition) is 4. The standard InChI is InChI=1S/C22H25F3N6O5/c1-12(22(23,24)25)27-20(34)16-2-3-17-19(28-16)31(13-5-7-30(17)9-13)21(35)29-18-8-15(4-6-26-18)36-11-14(33)10-32/h2-4,6,8,12-14,32-33H,5,7,9-11H2,1H3,(H,27,34)(H,26,29,35)/t12-,13?,14+/m1/s1. The quantitative estimate of drug-likeness (QED) is 0.440. The van der Waals surface area contributed by atoms with E-state index in [9.17, 15) is 27.9 Å². The summed E-state index contributed by atoms with van der Waals surface area (Å²) >= 11 is 0. The number of rotatable bonds is 7. The Labute approximate surface area is 203 Å². The Bertz CT molecular complexity index is 1130. The number of amides is 3. The highest BCUT2D eigenvalue weighted by molar-refractivity contribution is 6.05. The molecule has 4 heterocycles. The second-order valence-electron chi connectivity index (χ2n) is 8.49. The molecule has 36 heavy (non-hydrogen) atoms. The molecule has 3 atom stereocenters. The summed E-state index contributed by atoms with van der Waals surface area (Å²) in [5, 5.41) is 22.9. The fourth-order valence-corrected chi connectivity index (χ4v) is 3.93. The predicted molar refractivity (Wildman–Crippen MR) is 122 cm³/mol. The highest BCUT2D eigenvalue weighted by Crippen LogP contribution is 2.39. The predicted octanol–water partition coefficient (Wildman–Crippen LogP) is 1.52. The van der Waals surface area contributed by atoms with Crippen molar-refractivity contribution in [2.75, 3.05) is 41.4 Å². The number of alkyl halides is 3. The summed E-state index contributed by atoms with van der Waals surface area (Å²) in [5.41, 5.74) is 0.337. The van der Waals surface area contributed by atoms with Crippen LogP contribution in [0.3, 0.4) is 0 Å². The molecular formula is C22H25F3N6O5. The summed E-state index contributed by atoms with van der Waals surface area (Å²) in [6.07, 6.45) is -3.66. The minimum atomic E-state index is -4.61. The molecule has 11 nitrogen and oxygen atoms in total. The number of aliphatic hydroxyl groups is 2. The lowest BCUT2D eigenvalue weighted by atomic mass is 10.1. The molecule has 2 aromatic rings. The number of halogens is 3. The molecule has 2 aliphatic heterocycles. The third-order valence-corrected chi connectivity index (χ3v) is 5.86. The summed E-state index contributed by atoms with van der Waals surface area (Å²) in [6, 6.07) is 2.92. The molecule has 1 unspecified atom stereocenters. The van der Waals surface area contributed by atoms with Gasteiger partial charge in [0.25, 0.3) is 5.91 Å². The van der Waals surface area contributed by atoms with Gasteiger partial charge >= 0.3 is 12.2 Å². The van der Waals surface area contributed by atoms with Gasteiger partial charge in [-0.3, -0.25) is 15.0 Å². The highest BCUT2D eigenvalue weighted by Gasteiger charge is 2.41. The summed E-state index contributed by atoms with van der Waals surface area (Å²) in [5.74, 6) is -0.403. The van der Waals surface area contributed by atoms with E-state index in [-0.39, 0.29) is 30.0 Å². The van der Waals surface area contributed by atoms with Gasteiger partial charge in [0.2, 0.25) is 0 Å². The van der Waals surface area contributed by atoms with Crippen molar-refractivity contribution < 1.29 is 37.7 Å². The zero-order valence-electron chi connectivity index (χ0n) is 19.2. The van der Waals surface area contributed by atoms with E-state index in [1.807, 2.05) is 10.2 Å². The maximum absolute atomic E-state index is 13.3. The van der Waals surface area contributed by atoms with Crippen LogP contribution < -0.4 is 25.2 Å². The average molecular weight is 510 g/mol. The molecule has 14 heteroatoms. The maximum atomic E-state index is 13.3. The second-order valence-corrected chi connectivity index (χ2v) is 8.49. The highest BCUT2D eigenvalue weighted by atomic mass is 19.4. The van der Waals surface area contributed by atoms with Crippen LogP contribution >= 0.6 is 0 Å². The molecule has 0 spiro atoms. The van der Waals surface area contributed by atoms with Crippen molar-refractivity contribution >= 4 is 29.3 Å². The summed E-state index contributed by atoms with van der Waals surface area (Å²) < 4.78 is 44.0. The Morgan fingerprint density at radius 3 is 2.81 bits per heavy atom. The first-order chi connectivity index (χ1) is 17.1.